The van der Waals surface area contributed by atoms with Crippen LogP contribution in [0.5, 0.6) is 5.75 Å². The second kappa shape index (κ2) is 7.86. The predicted molar refractivity (Wildman–Crippen MR) is 119 cm³/mol. The molecule has 0 saturated carbocycles. The van der Waals surface area contributed by atoms with Gasteiger partial charge in [-0.25, -0.2) is 9.97 Å². The summed E-state index contributed by atoms with van der Waals surface area (Å²) in [6.07, 6.45) is 2.70. The highest BCUT2D eigenvalue weighted by molar-refractivity contribution is 5.93. The van der Waals surface area contributed by atoms with E-state index in [1.807, 2.05) is 49.4 Å². The van der Waals surface area contributed by atoms with Crippen molar-refractivity contribution in [1.29, 1.82) is 0 Å². The van der Waals surface area contributed by atoms with Crippen molar-refractivity contribution in [2.24, 2.45) is 0 Å². The number of aromatic nitrogens is 4. The van der Waals surface area contributed by atoms with E-state index in [1.54, 1.807) is 11.6 Å². The Bertz CT molecular complexity index is 1280. The van der Waals surface area contributed by atoms with Crippen LogP contribution in [0.1, 0.15) is 24.8 Å². The summed E-state index contributed by atoms with van der Waals surface area (Å²) < 4.78 is 7.03. The number of nitrogens with one attached hydrogen (secondary N) is 2. The van der Waals surface area contributed by atoms with Gasteiger partial charge in [-0.05, 0) is 62.1 Å². The van der Waals surface area contributed by atoms with E-state index in [2.05, 4.69) is 10.6 Å². The minimum Gasteiger partial charge on any atom is -0.497 e. The zero-order valence-electron chi connectivity index (χ0n) is 17.6. The van der Waals surface area contributed by atoms with Gasteiger partial charge in [-0.3, -0.25) is 4.79 Å². The molecule has 8 heteroatoms. The molecule has 0 radical (unpaired) electrons. The smallest absolute Gasteiger partial charge is 0.242 e. The number of methoxy groups -OCH3 is 1. The van der Waals surface area contributed by atoms with E-state index >= 15 is 0 Å². The van der Waals surface area contributed by atoms with Crippen LogP contribution in [0.4, 0.5) is 5.95 Å². The van der Waals surface area contributed by atoms with Crippen molar-refractivity contribution < 1.29 is 9.53 Å². The molecular formula is C23H24N6O2. The molecule has 2 aromatic carbocycles. The number of benzene rings is 2. The molecule has 8 nitrogen and oxygen atoms in total. The predicted octanol–water partition coefficient (Wildman–Crippen LogP) is 3.34. The molecule has 31 heavy (non-hydrogen) atoms. The maximum Gasteiger partial charge on any atom is 0.242 e. The highest BCUT2D eigenvalue weighted by Crippen LogP contribution is 2.28. The molecule has 2 N–H and O–H groups in total. The first-order valence-electron chi connectivity index (χ1n) is 10.5. The molecule has 5 rings (SSSR count). The number of nitrogens with zero attached hydrogens (tertiary/aromatic N) is 4. The molecule has 2 aromatic heterocycles. The van der Waals surface area contributed by atoms with Crippen molar-refractivity contribution in [3.8, 4) is 17.1 Å². The lowest BCUT2D eigenvalue weighted by Gasteiger charge is -2.16. The van der Waals surface area contributed by atoms with Crippen LogP contribution in [-0.4, -0.2) is 45.2 Å². The monoisotopic (exact) mass is 416 g/mol. The number of ether oxygens (including phenoxy) is 1. The number of hydrogen-bond donors (Lipinski definition) is 2. The zero-order valence-corrected chi connectivity index (χ0v) is 17.6. The molecule has 4 aromatic rings. The SMILES string of the molecule is COc1ccc(-c2nc3c4ccccc4nc(N[C@@H]4CCCCNC4=O)n3n2)c(C)c1. The molecule has 1 aliphatic rings. The normalized spacial score (nSPS) is 16.8. The highest BCUT2D eigenvalue weighted by Gasteiger charge is 2.23. The number of carbonyl (C=O) groups excluding carboxylic acids is 1. The first-order valence-corrected chi connectivity index (χ1v) is 10.5. The lowest BCUT2D eigenvalue weighted by Crippen LogP contribution is -2.38. The van der Waals surface area contributed by atoms with Gasteiger partial charge in [-0.1, -0.05) is 12.1 Å². The van der Waals surface area contributed by atoms with E-state index < -0.39 is 0 Å². The fraction of sp³-hybridized carbons (Fsp3) is 0.304. The Balaban J connectivity index is 1.65. The van der Waals surface area contributed by atoms with Crippen molar-refractivity contribution in [3.63, 3.8) is 0 Å². The molecule has 1 fully saturated rings. The van der Waals surface area contributed by atoms with Gasteiger partial charge in [0.05, 0.1) is 12.6 Å². The van der Waals surface area contributed by atoms with Crippen molar-refractivity contribution in [2.75, 3.05) is 19.0 Å². The number of fused-ring (bicyclic) bond motifs is 3. The molecule has 3 heterocycles. The van der Waals surface area contributed by atoms with Crippen LogP contribution in [0.25, 0.3) is 27.9 Å². The lowest BCUT2D eigenvalue weighted by molar-refractivity contribution is -0.121. The van der Waals surface area contributed by atoms with E-state index in [4.69, 9.17) is 19.8 Å². The average Bonchev–Trinajstić information content (AvgIpc) is 3.13. The van der Waals surface area contributed by atoms with E-state index in [-0.39, 0.29) is 11.9 Å². The Kier molecular flexibility index (Phi) is 4.89. The minimum absolute atomic E-state index is 0.00746. The van der Waals surface area contributed by atoms with Crippen LogP contribution >= 0.6 is 0 Å². The fourth-order valence-corrected chi connectivity index (χ4v) is 4.01. The van der Waals surface area contributed by atoms with Crippen LogP contribution in [-0.2, 0) is 4.79 Å². The third-order valence-electron chi connectivity index (χ3n) is 5.69. The Hall–Kier alpha value is -3.68. The minimum atomic E-state index is -0.352. The number of para-hydroxylation sites is 1. The van der Waals surface area contributed by atoms with Gasteiger partial charge in [0.25, 0.3) is 0 Å². The molecule has 0 spiro atoms. The van der Waals surface area contributed by atoms with Gasteiger partial charge in [-0.2, -0.15) is 4.52 Å². The second-order valence-electron chi connectivity index (χ2n) is 7.79. The van der Waals surface area contributed by atoms with Crippen molar-refractivity contribution in [3.05, 3.63) is 48.0 Å². The third-order valence-corrected chi connectivity index (χ3v) is 5.69. The van der Waals surface area contributed by atoms with Gasteiger partial charge in [0.1, 0.15) is 11.8 Å². The van der Waals surface area contributed by atoms with Crippen LogP contribution in [0, 0.1) is 6.92 Å². The summed E-state index contributed by atoms with van der Waals surface area (Å²) in [5.74, 6) is 1.90. The largest absolute Gasteiger partial charge is 0.497 e. The summed E-state index contributed by atoms with van der Waals surface area (Å²) in [6, 6.07) is 13.3. The molecule has 0 bridgehead atoms. The Morgan fingerprint density at radius 1 is 1.16 bits per heavy atom. The van der Waals surface area contributed by atoms with Gasteiger partial charge >= 0.3 is 0 Å². The molecule has 158 valence electrons. The molecule has 0 aliphatic carbocycles. The molecule has 1 amide bonds. The number of anilines is 1. The highest BCUT2D eigenvalue weighted by atomic mass is 16.5. The topological polar surface area (TPSA) is 93.4 Å². The van der Waals surface area contributed by atoms with E-state index in [0.29, 0.717) is 24.0 Å². The summed E-state index contributed by atoms with van der Waals surface area (Å²) in [5, 5.41) is 12.0. The summed E-state index contributed by atoms with van der Waals surface area (Å²) in [6.45, 7) is 2.72. The van der Waals surface area contributed by atoms with Gasteiger partial charge in [0.15, 0.2) is 11.5 Å². The zero-order chi connectivity index (χ0) is 21.4. The number of aryl methyl sites for hydroxylation is 1. The van der Waals surface area contributed by atoms with Crippen LogP contribution in [0.2, 0.25) is 0 Å². The van der Waals surface area contributed by atoms with Crippen LogP contribution < -0.4 is 15.4 Å². The van der Waals surface area contributed by atoms with Crippen molar-refractivity contribution in [1.82, 2.24) is 24.9 Å². The van der Waals surface area contributed by atoms with E-state index in [9.17, 15) is 4.79 Å². The van der Waals surface area contributed by atoms with Gasteiger partial charge < -0.3 is 15.4 Å². The standard InChI is InChI=1S/C23H24N6O2/c1-14-13-15(31-2)10-11-16(14)20-27-21-17-7-3-4-8-18(17)25-23(29(21)28-20)26-19-9-5-6-12-24-22(19)30/h3-4,7-8,10-11,13,19H,5-6,9,12H2,1-2H3,(H,24,30)(H,25,26)/t19-/m1/s1. The fourth-order valence-electron chi connectivity index (χ4n) is 4.01. The number of carbonyl (C=O) groups is 1. The number of amides is 1. The van der Waals surface area contributed by atoms with Crippen LogP contribution in [0.3, 0.4) is 0 Å². The summed E-state index contributed by atoms with van der Waals surface area (Å²) in [7, 11) is 1.65. The Labute approximate surface area is 179 Å². The van der Waals surface area contributed by atoms with Crippen LogP contribution in [0.15, 0.2) is 42.5 Å². The maximum absolute atomic E-state index is 12.5. The van der Waals surface area contributed by atoms with Gasteiger partial charge in [0, 0.05) is 17.5 Å². The maximum atomic E-state index is 12.5. The first kappa shape index (κ1) is 19.3. The van der Waals surface area contributed by atoms with Gasteiger partial charge in [-0.15, -0.1) is 5.10 Å². The van der Waals surface area contributed by atoms with Crippen molar-refractivity contribution >= 4 is 28.4 Å². The second-order valence-corrected chi connectivity index (χ2v) is 7.79. The van der Waals surface area contributed by atoms with Crippen molar-refractivity contribution in [2.45, 2.75) is 32.2 Å². The third kappa shape index (κ3) is 3.54. The summed E-state index contributed by atoms with van der Waals surface area (Å²) >= 11 is 0. The van der Waals surface area contributed by atoms with E-state index in [1.165, 1.54) is 0 Å². The first-order chi connectivity index (χ1) is 15.1. The Morgan fingerprint density at radius 2 is 2.03 bits per heavy atom. The van der Waals surface area contributed by atoms with Gasteiger partial charge in [0.2, 0.25) is 11.9 Å². The number of rotatable bonds is 4. The van der Waals surface area contributed by atoms with E-state index in [0.717, 1.165) is 47.0 Å². The molecule has 1 saturated heterocycles. The quantitative estimate of drug-likeness (QED) is 0.530. The molecular weight excluding hydrogens is 392 g/mol. The molecule has 0 unspecified atom stereocenters. The average molecular weight is 416 g/mol. The lowest BCUT2D eigenvalue weighted by atomic mass is 10.1. The number of hydrogen-bond acceptors (Lipinski definition) is 6. The molecule has 1 aliphatic heterocycles. The Morgan fingerprint density at radius 3 is 2.87 bits per heavy atom. The molecule has 1 atom stereocenters. The summed E-state index contributed by atoms with van der Waals surface area (Å²) in [4.78, 5) is 22.1. The summed E-state index contributed by atoms with van der Waals surface area (Å²) in [5.41, 5.74) is 3.45.